The van der Waals surface area contributed by atoms with E-state index in [2.05, 4.69) is 15.5 Å². The van der Waals surface area contributed by atoms with Gasteiger partial charge in [0.05, 0.1) is 17.8 Å². The smallest absolute Gasteiger partial charge is 0.313 e. The van der Waals surface area contributed by atoms with Crippen molar-refractivity contribution in [2.45, 2.75) is 26.1 Å². The quantitative estimate of drug-likeness (QED) is 0.787. The van der Waals surface area contributed by atoms with Crippen LogP contribution < -0.4 is 10.6 Å². The van der Waals surface area contributed by atoms with Crippen molar-refractivity contribution < 1.29 is 18.7 Å². The van der Waals surface area contributed by atoms with Crippen LogP contribution in [0.2, 0.25) is 0 Å². The summed E-state index contributed by atoms with van der Waals surface area (Å²) in [5.41, 5.74) is -0.0114. The molecular weight excluding hydrogens is 327 g/mol. The molecule has 0 spiro atoms. The number of morpholine rings is 1. The molecule has 2 amide bonds. The fraction of sp³-hybridized carbons (Fsp3) is 0.471. The van der Waals surface area contributed by atoms with Crippen molar-refractivity contribution in [2.75, 3.05) is 31.5 Å². The van der Waals surface area contributed by atoms with Gasteiger partial charge in [0.25, 0.3) is 0 Å². The molecule has 1 aromatic carbocycles. The molecule has 0 aliphatic carbocycles. The Morgan fingerprint density at radius 2 is 2.00 bits per heavy atom. The Bertz CT molecular complexity index is 679. The second-order valence-electron chi connectivity index (χ2n) is 6.03. The van der Waals surface area contributed by atoms with Crippen molar-refractivity contribution in [1.29, 1.82) is 5.26 Å². The first-order valence-electron chi connectivity index (χ1n) is 8.05. The Hall–Kier alpha value is -2.50. The van der Waals surface area contributed by atoms with Crippen LogP contribution in [0.25, 0.3) is 0 Å². The van der Waals surface area contributed by atoms with Gasteiger partial charge in [0.1, 0.15) is 11.9 Å². The molecule has 0 aromatic heterocycles. The van der Waals surface area contributed by atoms with E-state index in [4.69, 9.17) is 10.00 Å². The standard InChI is InChI=1S/C17H21FN4O3/c1-11-9-22(10-12(2)25-11)6-5-20-16(23)17(24)21-14-3-4-15(18)13(7-14)8-19/h3-4,7,11-12H,5-6,9-10H2,1-2H3,(H,20,23)(H,21,24). The van der Waals surface area contributed by atoms with Crippen LogP contribution in [0.1, 0.15) is 19.4 Å². The van der Waals surface area contributed by atoms with Gasteiger partial charge in [-0.2, -0.15) is 5.26 Å². The molecule has 25 heavy (non-hydrogen) atoms. The Morgan fingerprint density at radius 1 is 1.32 bits per heavy atom. The molecule has 1 aliphatic heterocycles. The second-order valence-corrected chi connectivity index (χ2v) is 6.03. The molecule has 2 N–H and O–H groups in total. The van der Waals surface area contributed by atoms with Gasteiger partial charge >= 0.3 is 11.8 Å². The van der Waals surface area contributed by atoms with Gasteiger partial charge in [0, 0.05) is 31.9 Å². The molecule has 1 aliphatic rings. The predicted octanol–water partition coefficient (Wildman–Crippen LogP) is 0.861. The highest BCUT2D eigenvalue weighted by Crippen LogP contribution is 2.13. The highest BCUT2D eigenvalue weighted by molar-refractivity contribution is 6.39. The van der Waals surface area contributed by atoms with Crippen molar-refractivity contribution in [1.82, 2.24) is 10.2 Å². The molecule has 2 atom stereocenters. The lowest BCUT2D eigenvalue weighted by atomic mass is 10.2. The summed E-state index contributed by atoms with van der Waals surface area (Å²) in [6.45, 7) is 6.49. The summed E-state index contributed by atoms with van der Waals surface area (Å²) in [6.07, 6.45) is 0.270. The normalized spacial score (nSPS) is 20.6. The molecule has 1 fully saturated rings. The van der Waals surface area contributed by atoms with E-state index < -0.39 is 17.6 Å². The number of benzene rings is 1. The van der Waals surface area contributed by atoms with E-state index in [0.717, 1.165) is 19.2 Å². The van der Waals surface area contributed by atoms with Gasteiger partial charge in [-0.25, -0.2) is 4.39 Å². The average molecular weight is 348 g/mol. The zero-order valence-corrected chi connectivity index (χ0v) is 14.2. The maximum Gasteiger partial charge on any atom is 0.313 e. The van der Waals surface area contributed by atoms with E-state index in [1.807, 2.05) is 13.8 Å². The molecule has 134 valence electrons. The summed E-state index contributed by atoms with van der Waals surface area (Å²) in [6, 6.07) is 5.20. The van der Waals surface area contributed by atoms with Crippen LogP contribution in [-0.4, -0.2) is 55.1 Å². The van der Waals surface area contributed by atoms with Crippen LogP contribution in [0.5, 0.6) is 0 Å². The zero-order chi connectivity index (χ0) is 18.4. The topological polar surface area (TPSA) is 94.5 Å². The number of halogens is 1. The summed E-state index contributed by atoms with van der Waals surface area (Å²) in [4.78, 5) is 25.8. The molecular formula is C17H21FN4O3. The zero-order valence-electron chi connectivity index (χ0n) is 14.2. The number of hydrogen-bond donors (Lipinski definition) is 2. The van der Waals surface area contributed by atoms with Gasteiger partial charge in [-0.1, -0.05) is 0 Å². The van der Waals surface area contributed by atoms with E-state index in [-0.39, 0.29) is 23.5 Å². The van der Waals surface area contributed by atoms with Crippen LogP contribution >= 0.6 is 0 Å². The van der Waals surface area contributed by atoms with Crippen molar-refractivity contribution in [3.63, 3.8) is 0 Å². The van der Waals surface area contributed by atoms with E-state index >= 15 is 0 Å². The van der Waals surface area contributed by atoms with Crippen molar-refractivity contribution in [2.24, 2.45) is 0 Å². The average Bonchev–Trinajstić information content (AvgIpc) is 2.55. The molecule has 1 aromatic rings. The van der Waals surface area contributed by atoms with Gasteiger partial charge in [-0.15, -0.1) is 0 Å². The third-order valence-electron chi connectivity index (χ3n) is 3.76. The van der Waals surface area contributed by atoms with Crippen molar-refractivity contribution in [3.8, 4) is 6.07 Å². The first kappa shape index (κ1) is 18.8. The summed E-state index contributed by atoms with van der Waals surface area (Å²) in [5.74, 6) is -2.32. The molecule has 0 bridgehead atoms. The van der Waals surface area contributed by atoms with Gasteiger partial charge in [-0.05, 0) is 32.0 Å². The summed E-state index contributed by atoms with van der Waals surface area (Å²) in [7, 11) is 0. The summed E-state index contributed by atoms with van der Waals surface area (Å²) in [5, 5.41) is 13.7. The van der Waals surface area contributed by atoms with Crippen LogP contribution in [0.4, 0.5) is 10.1 Å². The summed E-state index contributed by atoms with van der Waals surface area (Å²) < 4.78 is 18.9. The number of carbonyl (C=O) groups excluding carboxylic acids is 2. The first-order chi connectivity index (χ1) is 11.9. The third-order valence-corrected chi connectivity index (χ3v) is 3.76. The minimum Gasteiger partial charge on any atom is -0.373 e. The number of rotatable bonds is 4. The molecule has 2 rings (SSSR count). The molecule has 2 unspecified atom stereocenters. The van der Waals surface area contributed by atoms with Gasteiger partial charge in [0.15, 0.2) is 0 Å². The Labute approximate surface area is 145 Å². The minimum atomic E-state index is -0.862. The monoisotopic (exact) mass is 348 g/mol. The Morgan fingerprint density at radius 3 is 2.64 bits per heavy atom. The largest absolute Gasteiger partial charge is 0.373 e. The highest BCUT2D eigenvalue weighted by atomic mass is 19.1. The summed E-state index contributed by atoms with van der Waals surface area (Å²) >= 11 is 0. The maximum atomic E-state index is 13.2. The van der Waals surface area contributed by atoms with Gasteiger partial charge in [0.2, 0.25) is 0 Å². The fourth-order valence-corrected chi connectivity index (χ4v) is 2.75. The van der Waals surface area contributed by atoms with Crippen LogP contribution in [0.15, 0.2) is 18.2 Å². The number of nitrogens with one attached hydrogen (secondary N) is 2. The van der Waals surface area contributed by atoms with Gasteiger partial charge < -0.3 is 15.4 Å². The lowest BCUT2D eigenvalue weighted by Gasteiger charge is -2.35. The Kier molecular flexibility index (Phi) is 6.44. The van der Waals surface area contributed by atoms with Crippen LogP contribution in [-0.2, 0) is 14.3 Å². The fourth-order valence-electron chi connectivity index (χ4n) is 2.75. The highest BCUT2D eigenvalue weighted by Gasteiger charge is 2.22. The number of ether oxygens (including phenoxy) is 1. The third kappa shape index (κ3) is 5.52. The number of carbonyl (C=O) groups is 2. The number of anilines is 1. The first-order valence-corrected chi connectivity index (χ1v) is 8.05. The molecule has 8 heteroatoms. The number of nitriles is 1. The van der Waals surface area contributed by atoms with E-state index in [0.29, 0.717) is 13.1 Å². The molecule has 7 nitrogen and oxygen atoms in total. The molecule has 1 heterocycles. The van der Waals surface area contributed by atoms with Crippen molar-refractivity contribution >= 4 is 17.5 Å². The number of amides is 2. The molecule has 0 radical (unpaired) electrons. The minimum absolute atomic E-state index is 0.135. The number of hydrogen-bond acceptors (Lipinski definition) is 5. The maximum absolute atomic E-state index is 13.2. The van der Waals surface area contributed by atoms with Crippen LogP contribution in [0.3, 0.4) is 0 Å². The second kappa shape index (κ2) is 8.55. The predicted molar refractivity (Wildman–Crippen MR) is 89.2 cm³/mol. The van der Waals surface area contributed by atoms with E-state index in [9.17, 15) is 14.0 Å². The lowest BCUT2D eigenvalue weighted by Crippen LogP contribution is -2.48. The SMILES string of the molecule is CC1CN(CCNC(=O)C(=O)Nc2ccc(F)c(C#N)c2)CC(C)O1. The Balaban J connectivity index is 1.79. The van der Waals surface area contributed by atoms with E-state index in [1.165, 1.54) is 12.1 Å². The van der Waals surface area contributed by atoms with Gasteiger partial charge in [-0.3, -0.25) is 14.5 Å². The molecule has 0 saturated carbocycles. The lowest BCUT2D eigenvalue weighted by molar-refractivity contribution is -0.136. The number of nitrogens with zero attached hydrogens (tertiary/aromatic N) is 2. The van der Waals surface area contributed by atoms with Crippen molar-refractivity contribution in [3.05, 3.63) is 29.6 Å². The van der Waals surface area contributed by atoms with E-state index in [1.54, 1.807) is 6.07 Å². The van der Waals surface area contributed by atoms with Crippen LogP contribution in [0, 0.1) is 17.1 Å². The molecule has 1 saturated heterocycles.